The van der Waals surface area contributed by atoms with Gasteiger partial charge in [0, 0.05) is 24.2 Å². The van der Waals surface area contributed by atoms with Gasteiger partial charge in [0.2, 0.25) is 0 Å². The van der Waals surface area contributed by atoms with E-state index in [4.69, 9.17) is 4.74 Å². The third-order valence-corrected chi connectivity index (χ3v) is 5.57. The normalized spacial score (nSPS) is 18.1. The Hall–Kier alpha value is -3.68. The maximum absolute atomic E-state index is 13.3. The summed E-state index contributed by atoms with van der Waals surface area (Å²) in [6.07, 6.45) is 0. The van der Waals surface area contributed by atoms with Gasteiger partial charge in [0.15, 0.2) is 5.82 Å². The Morgan fingerprint density at radius 2 is 1.90 bits per heavy atom. The van der Waals surface area contributed by atoms with Crippen LogP contribution in [-0.2, 0) is 0 Å². The van der Waals surface area contributed by atoms with Crippen LogP contribution in [0.2, 0.25) is 0 Å². The van der Waals surface area contributed by atoms with Gasteiger partial charge in [-0.3, -0.25) is 14.7 Å². The summed E-state index contributed by atoms with van der Waals surface area (Å²) in [7, 11) is 1.60. The molecule has 1 aliphatic heterocycles. The molecule has 0 radical (unpaired) electrons. The highest BCUT2D eigenvalue weighted by Gasteiger charge is 2.39. The topological polar surface area (TPSA) is 100 Å². The van der Waals surface area contributed by atoms with Gasteiger partial charge in [-0.15, -0.1) is 0 Å². The van der Waals surface area contributed by atoms with E-state index in [2.05, 4.69) is 20.5 Å². The van der Waals surface area contributed by atoms with Crippen molar-refractivity contribution in [2.75, 3.05) is 20.2 Å². The van der Waals surface area contributed by atoms with Crippen LogP contribution in [0.5, 0.6) is 5.75 Å². The van der Waals surface area contributed by atoms with Gasteiger partial charge in [-0.05, 0) is 49.7 Å². The highest BCUT2D eigenvalue weighted by Crippen LogP contribution is 2.28. The fraction of sp³-hybridized carbons (Fsp3) is 0.304. The lowest BCUT2D eigenvalue weighted by Gasteiger charge is -2.18. The number of rotatable bonds is 5. The van der Waals surface area contributed by atoms with Crippen LogP contribution in [0.4, 0.5) is 0 Å². The standard InChI is InChI=1S/C23H25N5O3/c1-14-11-17(31-3)9-10-18(14)23(30)28-12-19(21-24-15(2)26-27-21)20(13-28)25-22(29)16-7-5-4-6-8-16/h4-11,19-20H,12-13H2,1-3H3,(H,25,29)(H,24,26,27)/t19-,20-/m1/s1. The van der Waals surface area contributed by atoms with Crippen molar-refractivity contribution in [3.8, 4) is 5.75 Å². The number of aromatic nitrogens is 3. The van der Waals surface area contributed by atoms with Crippen LogP contribution in [0.1, 0.15) is 43.8 Å². The number of likely N-dealkylation sites (tertiary alicyclic amines) is 1. The molecule has 1 aliphatic rings. The van der Waals surface area contributed by atoms with E-state index in [9.17, 15) is 9.59 Å². The van der Waals surface area contributed by atoms with Crippen LogP contribution in [0, 0.1) is 13.8 Å². The van der Waals surface area contributed by atoms with E-state index in [1.54, 1.807) is 36.3 Å². The summed E-state index contributed by atoms with van der Waals surface area (Å²) in [4.78, 5) is 32.3. The molecule has 2 aromatic carbocycles. The quantitative estimate of drug-likeness (QED) is 0.662. The maximum atomic E-state index is 13.3. The average Bonchev–Trinajstić information content (AvgIpc) is 3.39. The molecule has 8 heteroatoms. The van der Waals surface area contributed by atoms with Gasteiger partial charge >= 0.3 is 0 Å². The molecule has 3 aromatic rings. The van der Waals surface area contributed by atoms with E-state index < -0.39 is 0 Å². The molecule has 2 N–H and O–H groups in total. The second kappa shape index (κ2) is 8.59. The van der Waals surface area contributed by atoms with Crippen molar-refractivity contribution in [3.05, 3.63) is 76.9 Å². The van der Waals surface area contributed by atoms with Crippen LogP contribution < -0.4 is 10.1 Å². The molecule has 1 aromatic heterocycles. The fourth-order valence-electron chi connectivity index (χ4n) is 3.92. The number of H-pyrrole nitrogens is 1. The van der Waals surface area contributed by atoms with Crippen molar-refractivity contribution in [3.63, 3.8) is 0 Å². The molecule has 2 amide bonds. The number of methoxy groups -OCH3 is 1. The molecule has 2 heterocycles. The maximum Gasteiger partial charge on any atom is 0.254 e. The average molecular weight is 419 g/mol. The van der Waals surface area contributed by atoms with Crippen LogP contribution >= 0.6 is 0 Å². The SMILES string of the molecule is COc1ccc(C(=O)N2C[C@@H](NC(=O)c3ccccc3)[C@H](c3n[nH]c(C)n3)C2)c(C)c1. The molecule has 0 unspecified atom stereocenters. The fourth-order valence-corrected chi connectivity index (χ4v) is 3.92. The highest BCUT2D eigenvalue weighted by atomic mass is 16.5. The van der Waals surface area contributed by atoms with E-state index in [-0.39, 0.29) is 23.8 Å². The van der Waals surface area contributed by atoms with Gasteiger partial charge < -0.3 is 15.0 Å². The predicted molar refractivity (Wildman–Crippen MR) is 115 cm³/mol. The smallest absolute Gasteiger partial charge is 0.254 e. The van der Waals surface area contributed by atoms with E-state index in [1.165, 1.54) is 0 Å². The number of nitrogens with zero attached hydrogens (tertiary/aromatic N) is 3. The lowest BCUT2D eigenvalue weighted by molar-refractivity contribution is 0.0781. The number of ether oxygens (including phenoxy) is 1. The van der Waals surface area contributed by atoms with Crippen LogP contribution in [0.25, 0.3) is 0 Å². The van der Waals surface area contributed by atoms with E-state index >= 15 is 0 Å². The number of aryl methyl sites for hydroxylation is 2. The second-order valence-electron chi connectivity index (χ2n) is 7.72. The van der Waals surface area contributed by atoms with Gasteiger partial charge in [-0.25, -0.2) is 4.98 Å². The molecular weight excluding hydrogens is 394 g/mol. The minimum Gasteiger partial charge on any atom is -0.497 e. The first kappa shape index (κ1) is 20.6. The summed E-state index contributed by atoms with van der Waals surface area (Å²) in [6.45, 7) is 4.51. The number of carbonyl (C=O) groups excluding carboxylic acids is 2. The molecule has 8 nitrogen and oxygen atoms in total. The largest absolute Gasteiger partial charge is 0.497 e. The monoisotopic (exact) mass is 419 g/mol. The van der Waals surface area contributed by atoms with E-state index in [1.807, 2.05) is 38.1 Å². The first-order valence-electron chi connectivity index (χ1n) is 10.1. The van der Waals surface area contributed by atoms with E-state index in [0.717, 1.165) is 5.56 Å². The molecule has 0 spiro atoms. The number of nitrogens with one attached hydrogen (secondary N) is 2. The summed E-state index contributed by atoms with van der Waals surface area (Å²) in [5.41, 5.74) is 2.02. The molecule has 31 heavy (non-hydrogen) atoms. The van der Waals surface area contributed by atoms with Crippen molar-refractivity contribution in [1.29, 1.82) is 0 Å². The number of benzene rings is 2. The number of amides is 2. The third kappa shape index (κ3) is 4.28. The third-order valence-electron chi connectivity index (χ3n) is 5.57. The molecule has 0 aliphatic carbocycles. The lowest BCUT2D eigenvalue weighted by atomic mass is 10.0. The lowest BCUT2D eigenvalue weighted by Crippen LogP contribution is -2.40. The number of carbonyl (C=O) groups is 2. The summed E-state index contributed by atoms with van der Waals surface area (Å²) >= 11 is 0. The Bertz CT molecular complexity index is 1100. The summed E-state index contributed by atoms with van der Waals surface area (Å²) in [5.74, 6) is 1.51. The Labute approximate surface area is 180 Å². The highest BCUT2D eigenvalue weighted by molar-refractivity contribution is 5.97. The molecular formula is C23H25N5O3. The van der Waals surface area contributed by atoms with Crippen molar-refractivity contribution in [2.45, 2.75) is 25.8 Å². The summed E-state index contributed by atoms with van der Waals surface area (Å²) in [5, 5.41) is 10.2. The van der Waals surface area contributed by atoms with Crippen molar-refractivity contribution in [2.24, 2.45) is 0 Å². The first-order valence-corrected chi connectivity index (χ1v) is 10.1. The summed E-state index contributed by atoms with van der Waals surface area (Å²) in [6, 6.07) is 14.1. The Kier molecular flexibility index (Phi) is 5.70. The number of aromatic amines is 1. The minimum absolute atomic E-state index is 0.0890. The Morgan fingerprint density at radius 3 is 2.55 bits per heavy atom. The zero-order chi connectivity index (χ0) is 22.0. The van der Waals surface area contributed by atoms with Gasteiger partial charge in [-0.1, -0.05) is 18.2 Å². The molecule has 0 bridgehead atoms. The van der Waals surface area contributed by atoms with Crippen LogP contribution in [0.15, 0.2) is 48.5 Å². The molecule has 0 saturated carbocycles. The second-order valence-corrected chi connectivity index (χ2v) is 7.72. The molecule has 160 valence electrons. The van der Waals surface area contributed by atoms with Crippen LogP contribution in [-0.4, -0.2) is 58.1 Å². The van der Waals surface area contributed by atoms with Crippen molar-refractivity contribution in [1.82, 2.24) is 25.4 Å². The van der Waals surface area contributed by atoms with Crippen molar-refractivity contribution < 1.29 is 14.3 Å². The molecule has 1 saturated heterocycles. The van der Waals surface area contributed by atoms with Gasteiger partial charge in [0.05, 0.1) is 19.1 Å². The number of hydrogen-bond donors (Lipinski definition) is 2. The van der Waals surface area contributed by atoms with E-state index in [0.29, 0.717) is 41.6 Å². The van der Waals surface area contributed by atoms with Crippen LogP contribution in [0.3, 0.4) is 0 Å². The van der Waals surface area contributed by atoms with Crippen molar-refractivity contribution >= 4 is 11.8 Å². The zero-order valence-electron chi connectivity index (χ0n) is 17.8. The zero-order valence-corrected chi connectivity index (χ0v) is 17.8. The number of hydrogen-bond acceptors (Lipinski definition) is 5. The Balaban J connectivity index is 1.58. The molecule has 1 fully saturated rings. The molecule has 2 atom stereocenters. The molecule has 4 rings (SSSR count). The minimum atomic E-state index is -0.301. The van der Waals surface area contributed by atoms with Gasteiger partial charge in [-0.2, -0.15) is 5.10 Å². The first-order chi connectivity index (χ1) is 15.0. The van der Waals surface area contributed by atoms with Gasteiger partial charge in [0.25, 0.3) is 11.8 Å². The summed E-state index contributed by atoms with van der Waals surface area (Å²) < 4.78 is 5.24. The Morgan fingerprint density at radius 1 is 1.13 bits per heavy atom. The predicted octanol–water partition coefficient (Wildman–Crippen LogP) is 2.47. The van der Waals surface area contributed by atoms with Gasteiger partial charge in [0.1, 0.15) is 11.6 Å².